The van der Waals surface area contributed by atoms with Crippen LogP contribution in [0.3, 0.4) is 0 Å². The summed E-state index contributed by atoms with van der Waals surface area (Å²) in [4.78, 5) is 9.09. The van der Waals surface area contributed by atoms with E-state index in [-0.39, 0.29) is 6.61 Å². The molecule has 3 N–H and O–H groups in total. The van der Waals surface area contributed by atoms with Gasteiger partial charge >= 0.3 is 0 Å². The fourth-order valence-corrected chi connectivity index (χ4v) is 4.51. The average molecular weight is 446 g/mol. The highest BCUT2D eigenvalue weighted by molar-refractivity contribution is 5.76. The first-order valence-corrected chi connectivity index (χ1v) is 11.2. The van der Waals surface area contributed by atoms with Crippen molar-refractivity contribution in [1.82, 2.24) is 19.7 Å². The second-order valence-electron chi connectivity index (χ2n) is 8.97. The molecule has 2 aromatic heterocycles. The molecule has 2 aliphatic heterocycles. The van der Waals surface area contributed by atoms with Crippen LogP contribution in [0.25, 0.3) is 11.3 Å². The molecule has 0 bridgehead atoms. The monoisotopic (exact) mass is 445 g/mol. The highest BCUT2D eigenvalue weighted by atomic mass is 16.5. The standard InChI is InChI=1S/C24H27N7O2/c1-15-21(12-31(30-15)18-4-7-33-8-5-18)29-23-26-6-3-20(28-23)16-9-17(11-25)22-19(10-16)24(2,14-32)13-27-22/h3,6,9-10,12,18,27,32H,4-5,7-8,13-14H2,1-2H3,(H,26,28,29). The predicted molar refractivity (Wildman–Crippen MR) is 124 cm³/mol. The smallest absolute Gasteiger partial charge is 0.227 e. The molecule has 0 amide bonds. The van der Waals surface area contributed by atoms with Crippen molar-refractivity contribution in [3.05, 3.63) is 47.4 Å². The average Bonchev–Trinajstić information content (AvgIpc) is 3.39. The Morgan fingerprint density at radius 1 is 1.36 bits per heavy atom. The van der Waals surface area contributed by atoms with Crippen LogP contribution in [0.15, 0.2) is 30.6 Å². The van der Waals surface area contributed by atoms with E-state index in [1.807, 2.05) is 42.9 Å². The second kappa shape index (κ2) is 8.46. The van der Waals surface area contributed by atoms with Gasteiger partial charge < -0.3 is 20.5 Å². The SMILES string of the molecule is Cc1nn(C2CCOCC2)cc1Nc1nccc(-c2cc(C#N)c3c(c2)C(C)(CO)CN3)n1. The Labute approximate surface area is 192 Å². The summed E-state index contributed by atoms with van der Waals surface area (Å²) in [7, 11) is 0. The van der Waals surface area contributed by atoms with Gasteiger partial charge in [0.15, 0.2) is 0 Å². The normalized spacial score (nSPS) is 20.2. The third-order valence-electron chi connectivity index (χ3n) is 6.59. The molecule has 9 nitrogen and oxygen atoms in total. The molecule has 33 heavy (non-hydrogen) atoms. The maximum atomic E-state index is 9.95. The number of nitrogens with one attached hydrogen (secondary N) is 2. The zero-order valence-corrected chi connectivity index (χ0v) is 18.8. The molecule has 0 aliphatic carbocycles. The van der Waals surface area contributed by atoms with E-state index >= 15 is 0 Å². The summed E-state index contributed by atoms with van der Waals surface area (Å²) in [6, 6.07) is 8.27. The molecule has 9 heteroatoms. The third-order valence-corrected chi connectivity index (χ3v) is 6.59. The minimum atomic E-state index is -0.444. The quantitative estimate of drug-likeness (QED) is 0.547. The Morgan fingerprint density at radius 3 is 2.94 bits per heavy atom. The number of fused-ring (bicyclic) bond motifs is 1. The van der Waals surface area contributed by atoms with E-state index in [0.29, 0.717) is 29.8 Å². The summed E-state index contributed by atoms with van der Waals surface area (Å²) in [6.45, 7) is 6.05. The van der Waals surface area contributed by atoms with E-state index in [9.17, 15) is 10.4 Å². The molecule has 5 rings (SSSR count). The molecule has 1 saturated heterocycles. The highest BCUT2D eigenvalue weighted by Crippen LogP contribution is 2.41. The Balaban J connectivity index is 1.45. The highest BCUT2D eigenvalue weighted by Gasteiger charge is 2.36. The maximum Gasteiger partial charge on any atom is 0.227 e. The van der Waals surface area contributed by atoms with E-state index in [1.54, 1.807) is 6.20 Å². The molecule has 1 fully saturated rings. The van der Waals surface area contributed by atoms with Gasteiger partial charge in [-0.25, -0.2) is 9.97 Å². The molecule has 2 aliphatic rings. The van der Waals surface area contributed by atoms with Gasteiger partial charge in [-0.3, -0.25) is 4.68 Å². The van der Waals surface area contributed by atoms with Crippen molar-refractivity contribution in [2.75, 3.05) is 37.0 Å². The largest absolute Gasteiger partial charge is 0.395 e. The van der Waals surface area contributed by atoms with Crippen molar-refractivity contribution >= 4 is 17.3 Å². The van der Waals surface area contributed by atoms with Gasteiger partial charge in [-0.05, 0) is 43.5 Å². The first kappa shape index (κ1) is 21.4. The van der Waals surface area contributed by atoms with Crippen LogP contribution in [0.5, 0.6) is 0 Å². The maximum absolute atomic E-state index is 9.95. The van der Waals surface area contributed by atoms with Gasteiger partial charge in [0.25, 0.3) is 0 Å². The molecular weight excluding hydrogens is 418 g/mol. The number of nitrogens with zero attached hydrogens (tertiary/aromatic N) is 5. The summed E-state index contributed by atoms with van der Waals surface area (Å²) < 4.78 is 7.47. The van der Waals surface area contributed by atoms with Gasteiger partial charge in [0.2, 0.25) is 5.95 Å². The number of ether oxygens (including phenoxy) is 1. The van der Waals surface area contributed by atoms with E-state index in [4.69, 9.17) is 9.72 Å². The fourth-order valence-electron chi connectivity index (χ4n) is 4.51. The minimum absolute atomic E-state index is 0.00567. The molecule has 1 atom stereocenters. The van der Waals surface area contributed by atoms with Gasteiger partial charge in [0, 0.05) is 43.1 Å². The number of benzene rings is 1. The number of anilines is 3. The first-order chi connectivity index (χ1) is 16.0. The molecule has 1 unspecified atom stereocenters. The van der Waals surface area contributed by atoms with Crippen molar-refractivity contribution in [2.24, 2.45) is 0 Å². The predicted octanol–water partition coefficient (Wildman–Crippen LogP) is 3.29. The number of aliphatic hydroxyl groups excluding tert-OH is 1. The molecule has 170 valence electrons. The number of nitriles is 1. The van der Waals surface area contributed by atoms with Gasteiger partial charge in [0.1, 0.15) is 6.07 Å². The molecule has 4 heterocycles. The third kappa shape index (κ3) is 3.92. The summed E-state index contributed by atoms with van der Waals surface area (Å²) in [5.41, 5.74) is 5.08. The zero-order chi connectivity index (χ0) is 23.0. The zero-order valence-electron chi connectivity index (χ0n) is 18.8. The fraction of sp³-hybridized carbons (Fsp3) is 0.417. The molecule has 0 radical (unpaired) electrons. The number of hydrogen-bond acceptors (Lipinski definition) is 8. The Kier molecular flexibility index (Phi) is 5.48. The molecule has 3 aromatic rings. The molecular formula is C24H27N7O2. The lowest BCUT2D eigenvalue weighted by atomic mass is 9.83. The molecule has 1 aromatic carbocycles. The van der Waals surface area contributed by atoms with Gasteiger partial charge in [0.05, 0.1) is 41.0 Å². The van der Waals surface area contributed by atoms with E-state index in [0.717, 1.165) is 54.3 Å². The van der Waals surface area contributed by atoms with Crippen molar-refractivity contribution < 1.29 is 9.84 Å². The lowest BCUT2D eigenvalue weighted by Crippen LogP contribution is -2.28. The number of hydrogen-bond donors (Lipinski definition) is 3. The topological polar surface area (TPSA) is 121 Å². The van der Waals surface area contributed by atoms with E-state index in [1.165, 1.54) is 0 Å². The lowest BCUT2D eigenvalue weighted by molar-refractivity contribution is 0.0662. The number of aryl methyl sites for hydroxylation is 1. The van der Waals surface area contributed by atoms with E-state index < -0.39 is 5.41 Å². The van der Waals surface area contributed by atoms with Crippen molar-refractivity contribution in [3.8, 4) is 17.3 Å². The first-order valence-electron chi connectivity index (χ1n) is 11.2. The van der Waals surface area contributed by atoms with Gasteiger partial charge in [-0.2, -0.15) is 10.4 Å². The minimum Gasteiger partial charge on any atom is -0.395 e. The summed E-state index contributed by atoms with van der Waals surface area (Å²) >= 11 is 0. The van der Waals surface area contributed by atoms with Crippen molar-refractivity contribution in [2.45, 2.75) is 38.1 Å². The molecule has 0 saturated carbocycles. The Bertz CT molecular complexity index is 1230. The van der Waals surface area contributed by atoms with Crippen LogP contribution in [0.1, 0.15) is 42.6 Å². The van der Waals surface area contributed by atoms with Crippen molar-refractivity contribution in [3.63, 3.8) is 0 Å². The van der Waals surface area contributed by atoms with Crippen LogP contribution in [0.2, 0.25) is 0 Å². The van der Waals surface area contributed by atoms with Crippen LogP contribution in [-0.2, 0) is 10.2 Å². The Morgan fingerprint density at radius 2 is 2.18 bits per heavy atom. The van der Waals surface area contributed by atoms with Gasteiger partial charge in [-0.1, -0.05) is 6.92 Å². The lowest BCUT2D eigenvalue weighted by Gasteiger charge is -2.22. The van der Waals surface area contributed by atoms with Crippen LogP contribution in [0, 0.1) is 18.3 Å². The Hall–Kier alpha value is -3.48. The summed E-state index contributed by atoms with van der Waals surface area (Å²) in [5.74, 6) is 0.462. The van der Waals surface area contributed by atoms with Crippen LogP contribution >= 0.6 is 0 Å². The number of rotatable bonds is 5. The second-order valence-corrected chi connectivity index (χ2v) is 8.97. The van der Waals surface area contributed by atoms with Crippen molar-refractivity contribution in [1.29, 1.82) is 5.26 Å². The number of aromatic nitrogens is 4. The summed E-state index contributed by atoms with van der Waals surface area (Å²) in [5, 5.41) is 30.9. The van der Waals surface area contributed by atoms with E-state index in [2.05, 4.69) is 26.8 Å². The van der Waals surface area contributed by atoms with Crippen LogP contribution in [-0.4, -0.2) is 51.2 Å². The van der Waals surface area contributed by atoms with Crippen LogP contribution in [0.4, 0.5) is 17.3 Å². The van der Waals surface area contributed by atoms with Gasteiger partial charge in [-0.15, -0.1) is 0 Å². The summed E-state index contributed by atoms with van der Waals surface area (Å²) in [6.07, 6.45) is 5.61. The van der Waals surface area contributed by atoms with Crippen LogP contribution < -0.4 is 10.6 Å². The molecule has 0 spiro atoms. The number of aliphatic hydroxyl groups is 1.